The highest BCUT2D eigenvalue weighted by atomic mass is 35.5. The molecule has 0 amide bonds. The van der Waals surface area contributed by atoms with Gasteiger partial charge in [0.15, 0.2) is 0 Å². The highest BCUT2D eigenvalue weighted by molar-refractivity contribution is 6.34. The second-order valence-electron chi connectivity index (χ2n) is 6.22. The number of rotatable bonds is 5. The third-order valence-electron chi connectivity index (χ3n) is 4.25. The number of benzene rings is 3. The molecule has 0 aliphatic carbocycles. The number of hydrogen-bond acceptors (Lipinski definition) is 4. The molecule has 0 aliphatic heterocycles. The molecule has 0 fully saturated rings. The topological polar surface area (TPSA) is 113 Å². The van der Waals surface area contributed by atoms with Gasteiger partial charge in [0, 0.05) is 5.56 Å². The lowest BCUT2D eigenvalue weighted by molar-refractivity contribution is 0.0696. The average Bonchev–Trinajstić information content (AvgIpc) is 3.08. The van der Waals surface area contributed by atoms with Crippen LogP contribution in [0.4, 0.5) is 0 Å². The van der Waals surface area contributed by atoms with E-state index in [-0.39, 0.29) is 22.9 Å². The fraction of sp³-hybridized carbons (Fsp3) is 0. The Morgan fingerprint density at radius 2 is 1.59 bits per heavy atom. The maximum Gasteiger partial charge on any atom is 0.335 e. The smallest absolute Gasteiger partial charge is 0.335 e. The minimum atomic E-state index is -1.26. The summed E-state index contributed by atoms with van der Waals surface area (Å²) >= 11 is 6.40. The van der Waals surface area contributed by atoms with Crippen molar-refractivity contribution in [2.75, 3.05) is 0 Å². The minimum Gasteiger partial charge on any atom is -0.478 e. The highest BCUT2D eigenvalue weighted by Crippen LogP contribution is 2.33. The molecule has 3 aromatic carbocycles. The van der Waals surface area contributed by atoms with Crippen molar-refractivity contribution in [3.8, 4) is 22.9 Å². The highest BCUT2D eigenvalue weighted by Gasteiger charge is 2.15. The van der Waals surface area contributed by atoms with Crippen molar-refractivity contribution in [1.29, 1.82) is 0 Å². The molecule has 8 heteroatoms. The van der Waals surface area contributed by atoms with Crippen LogP contribution in [0, 0.1) is 0 Å². The largest absolute Gasteiger partial charge is 0.478 e. The van der Waals surface area contributed by atoms with Crippen LogP contribution in [0.25, 0.3) is 22.2 Å². The van der Waals surface area contributed by atoms with Crippen molar-refractivity contribution in [2.24, 2.45) is 0 Å². The molecule has 144 valence electrons. The van der Waals surface area contributed by atoms with Crippen molar-refractivity contribution >= 4 is 34.6 Å². The van der Waals surface area contributed by atoms with E-state index < -0.39 is 11.9 Å². The van der Waals surface area contributed by atoms with Gasteiger partial charge < -0.3 is 19.9 Å². The van der Waals surface area contributed by atoms with Gasteiger partial charge in [-0.1, -0.05) is 41.9 Å². The van der Waals surface area contributed by atoms with Gasteiger partial charge in [-0.3, -0.25) is 0 Å². The third-order valence-corrected chi connectivity index (χ3v) is 4.56. The minimum absolute atomic E-state index is 0.0377. The number of imidazole rings is 1. The van der Waals surface area contributed by atoms with Crippen LogP contribution in [0.5, 0.6) is 11.8 Å². The maximum atomic E-state index is 11.2. The number of fused-ring (bicyclic) bond motifs is 1. The fourth-order valence-corrected chi connectivity index (χ4v) is 3.18. The van der Waals surface area contributed by atoms with Crippen LogP contribution in [0.1, 0.15) is 20.7 Å². The number of halogens is 1. The Hall–Kier alpha value is -3.84. The Kier molecular flexibility index (Phi) is 4.66. The standard InChI is InChI=1S/C21H13ClN2O5/c22-16-10-18-17(9-15(16)11-4-2-1-3-5-11)23-21(24-18)29-14-7-12(19(25)26)6-13(8-14)20(27)28/h1-10H,(H,23,24)(H,25,26)(H,27,28). The van der Waals surface area contributed by atoms with Crippen molar-refractivity contribution in [3.05, 3.63) is 76.8 Å². The van der Waals surface area contributed by atoms with E-state index in [0.29, 0.717) is 16.1 Å². The van der Waals surface area contributed by atoms with E-state index >= 15 is 0 Å². The predicted molar refractivity (Wildman–Crippen MR) is 107 cm³/mol. The molecule has 0 aliphatic rings. The monoisotopic (exact) mass is 408 g/mol. The summed E-state index contributed by atoms with van der Waals surface area (Å²) in [5.41, 5.74) is 2.55. The molecule has 4 aromatic rings. The van der Waals surface area contributed by atoms with Crippen LogP contribution < -0.4 is 4.74 Å². The molecular formula is C21H13ClN2O5. The molecule has 1 aromatic heterocycles. The van der Waals surface area contributed by atoms with Gasteiger partial charge in [-0.2, -0.15) is 4.98 Å². The number of aromatic amines is 1. The first-order valence-electron chi connectivity index (χ1n) is 8.45. The van der Waals surface area contributed by atoms with Crippen LogP contribution in [-0.4, -0.2) is 32.1 Å². The molecular weight excluding hydrogens is 396 g/mol. The number of nitrogens with zero attached hydrogens (tertiary/aromatic N) is 1. The van der Waals surface area contributed by atoms with Gasteiger partial charge in [0.05, 0.1) is 27.2 Å². The van der Waals surface area contributed by atoms with Gasteiger partial charge in [-0.15, -0.1) is 0 Å². The Bertz CT molecular complexity index is 1220. The molecule has 0 radical (unpaired) electrons. The van der Waals surface area contributed by atoms with E-state index in [4.69, 9.17) is 16.3 Å². The van der Waals surface area contributed by atoms with Gasteiger partial charge in [0.2, 0.25) is 0 Å². The normalized spacial score (nSPS) is 10.8. The summed E-state index contributed by atoms with van der Waals surface area (Å²) < 4.78 is 5.59. The lowest BCUT2D eigenvalue weighted by Gasteiger charge is -2.05. The van der Waals surface area contributed by atoms with E-state index in [1.54, 1.807) is 6.07 Å². The molecule has 7 nitrogen and oxygen atoms in total. The number of H-pyrrole nitrogens is 1. The second kappa shape index (κ2) is 7.29. The van der Waals surface area contributed by atoms with Crippen LogP contribution >= 0.6 is 11.6 Å². The number of nitrogens with one attached hydrogen (secondary N) is 1. The lowest BCUT2D eigenvalue weighted by atomic mass is 10.1. The van der Waals surface area contributed by atoms with E-state index in [9.17, 15) is 19.8 Å². The van der Waals surface area contributed by atoms with E-state index in [2.05, 4.69) is 9.97 Å². The first-order chi connectivity index (χ1) is 13.9. The number of aromatic nitrogens is 2. The fourth-order valence-electron chi connectivity index (χ4n) is 2.91. The van der Waals surface area contributed by atoms with E-state index in [0.717, 1.165) is 17.2 Å². The summed E-state index contributed by atoms with van der Waals surface area (Å²) in [5, 5.41) is 18.9. The zero-order valence-corrected chi connectivity index (χ0v) is 15.5. The Labute approximate surface area is 169 Å². The second-order valence-corrected chi connectivity index (χ2v) is 6.62. The third kappa shape index (κ3) is 3.76. The molecule has 0 unspecified atom stereocenters. The van der Waals surface area contributed by atoms with Gasteiger partial charge in [-0.25, -0.2) is 9.59 Å². The molecule has 1 heterocycles. The number of carboxylic acids is 2. The molecule has 0 saturated heterocycles. The summed E-state index contributed by atoms with van der Waals surface area (Å²) in [6.45, 7) is 0. The van der Waals surface area contributed by atoms with Crippen LogP contribution in [0.15, 0.2) is 60.7 Å². The Morgan fingerprint density at radius 3 is 2.21 bits per heavy atom. The van der Waals surface area contributed by atoms with Gasteiger partial charge in [0.25, 0.3) is 6.01 Å². The van der Waals surface area contributed by atoms with Crippen molar-refractivity contribution in [1.82, 2.24) is 9.97 Å². The van der Waals surface area contributed by atoms with Gasteiger partial charge >= 0.3 is 11.9 Å². The lowest BCUT2D eigenvalue weighted by Crippen LogP contribution is -2.03. The summed E-state index contributed by atoms with van der Waals surface area (Å²) in [7, 11) is 0. The van der Waals surface area contributed by atoms with Gasteiger partial charge in [-0.05, 0) is 35.9 Å². The van der Waals surface area contributed by atoms with Crippen molar-refractivity contribution < 1.29 is 24.5 Å². The van der Waals surface area contributed by atoms with Crippen LogP contribution in [-0.2, 0) is 0 Å². The molecule has 3 N–H and O–H groups in total. The zero-order valence-electron chi connectivity index (χ0n) is 14.7. The Balaban J connectivity index is 1.72. The number of aromatic carboxylic acids is 2. The molecule has 0 atom stereocenters. The number of carbonyl (C=O) groups is 2. The summed E-state index contributed by atoms with van der Waals surface area (Å²) in [4.78, 5) is 29.8. The van der Waals surface area contributed by atoms with E-state index in [1.807, 2.05) is 36.4 Å². The predicted octanol–water partition coefficient (Wildman–Crippen LogP) is 5.07. The average molecular weight is 409 g/mol. The molecule has 0 bridgehead atoms. The van der Waals surface area contributed by atoms with Crippen molar-refractivity contribution in [2.45, 2.75) is 0 Å². The SMILES string of the molecule is O=C(O)c1cc(Oc2nc3cc(-c4ccccc4)c(Cl)cc3[nH]2)cc(C(=O)O)c1. The zero-order chi connectivity index (χ0) is 20.5. The molecule has 29 heavy (non-hydrogen) atoms. The molecule has 0 saturated carbocycles. The first-order valence-corrected chi connectivity index (χ1v) is 8.83. The quantitative estimate of drug-likeness (QED) is 0.425. The number of carboxylic acid groups (broad SMARTS) is 2. The van der Waals surface area contributed by atoms with Crippen LogP contribution in [0.3, 0.4) is 0 Å². The van der Waals surface area contributed by atoms with Crippen molar-refractivity contribution in [3.63, 3.8) is 0 Å². The molecule has 4 rings (SSSR count). The number of ether oxygens (including phenoxy) is 1. The summed E-state index contributed by atoms with van der Waals surface area (Å²) in [6, 6.07) is 16.7. The first kappa shape index (κ1) is 18.5. The van der Waals surface area contributed by atoms with E-state index in [1.165, 1.54) is 12.1 Å². The van der Waals surface area contributed by atoms with Crippen LogP contribution in [0.2, 0.25) is 5.02 Å². The summed E-state index contributed by atoms with van der Waals surface area (Å²) in [5.74, 6) is -2.49. The number of hydrogen-bond donors (Lipinski definition) is 3. The molecule has 0 spiro atoms. The maximum absolute atomic E-state index is 11.2. The van der Waals surface area contributed by atoms with Gasteiger partial charge in [0.1, 0.15) is 5.75 Å². The Morgan fingerprint density at radius 1 is 0.931 bits per heavy atom. The summed E-state index contributed by atoms with van der Waals surface area (Å²) in [6.07, 6.45) is 0.